The summed E-state index contributed by atoms with van der Waals surface area (Å²) in [7, 11) is 0. The standard InChI is InChI=1S/C23H30N2O2/c1-2-7-19-10-12-21(13-11-19)23(26)24-14-6-15-25-16-17-27-22(18-25)20-8-4-3-5-9-20/h3-5,8-13,22H,2,6-7,14-18H2,1H3,(H,24,26)/t22-/m0/s1. The van der Waals surface area contributed by atoms with Crippen LogP contribution < -0.4 is 5.32 Å². The molecule has 0 radical (unpaired) electrons. The average Bonchev–Trinajstić information content (AvgIpc) is 2.73. The lowest BCUT2D eigenvalue weighted by Gasteiger charge is -2.33. The average molecular weight is 367 g/mol. The van der Waals surface area contributed by atoms with Gasteiger partial charge < -0.3 is 10.1 Å². The molecule has 1 aliphatic rings. The van der Waals surface area contributed by atoms with Crippen LogP contribution in [0.15, 0.2) is 54.6 Å². The van der Waals surface area contributed by atoms with Crippen LogP contribution in [0.4, 0.5) is 0 Å². The Kier molecular flexibility index (Phi) is 7.43. The van der Waals surface area contributed by atoms with Gasteiger partial charge >= 0.3 is 0 Å². The minimum Gasteiger partial charge on any atom is -0.371 e. The van der Waals surface area contributed by atoms with Gasteiger partial charge in [-0.15, -0.1) is 0 Å². The van der Waals surface area contributed by atoms with Crippen molar-refractivity contribution in [1.29, 1.82) is 0 Å². The monoisotopic (exact) mass is 366 g/mol. The van der Waals surface area contributed by atoms with Gasteiger partial charge in [0, 0.05) is 31.7 Å². The van der Waals surface area contributed by atoms with E-state index in [0.717, 1.165) is 51.1 Å². The number of carbonyl (C=O) groups excluding carboxylic acids is 1. The highest BCUT2D eigenvalue weighted by Crippen LogP contribution is 2.21. The first-order chi connectivity index (χ1) is 13.3. The second-order valence-electron chi connectivity index (χ2n) is 7.13. The molecular formula is C23H30N2O2. The van der Waals surface area contributed by atoms with E-state index in [1.54, 1.807) is 0 Å². The minimum atomic E-state index is 0.0159. The molecule has 1 saturated heterocycles. The van der Waals surface area contributed by atoms with E-state index < -0.39 is 0 Å². The van der Waals surface area contributed by atoms with Crippen LogP contribution in [0.25, 0.3) is 0 Å². The lowest BCUT2D eigenvalue weighted by molar-refractivity contribution is -0.0301. The number of rotatable bonds is 8. The van der Waals surface area contributed by atoms with Gasteiger partial charge in [-0.1, -0.05) is 55.8 Å². The molecule has 4 heteroatoms. The maximum absolute atomic E-state index is 12.3. The molecule has 1 atom stereocenters. The number of amides is 1. The lowest BCUT2D eigenvalue weighted by Crippen LogP contribution is -2.39. The molecule has 1 aliphatic heterocycles. The van der Waals surface area contributed by atoms with Crippen molar-refractivity contribution in [2.75, 3.05) is 32.8 Å². The lowest BCUT2D eigenvalue weighted by atomic mass is 10.1. The van der Waals surface area contributed by atoms with Gasteiger partial charge in [-0.05, 0) is 36.1 Å². The fourth-order valence-corrected chi connectivity index (χ4v) is 3.49. The third kappa shape index (κ3) is 5.91. The second-order valence-corrected chi connectivity index (χ2v) is 7.13. The topological polar surface area (TPSA) is 41.6 Å². The van der Waals surface area contributed by atoms with Crippen molar-refractivity contribution in [3.63, 3.8) is 0 Å². The number of ether oxygens (including phenoxy) is 1. The highest BCUT2D eigenvalue weighted by molar-refractivity contribution is 5.94. The highest BCUT2D eigenvalue weighted by Gasteiger charge is 2.21. The van der Waals surface area contributed by atoms with Crippen LogP contribution >= 0.6 is 0 Å². The van der Waals surface area contributed by atoms with Gasteiger partial charge in [0.05, 0.1) is 12.7 Å². The van der Waals surface area contributed by atoms with E-state index in [1.165, 1.54) is 11.1 Å². The summed E-state index contributed by atoms with van der Waals surface area (Å²) in [5.41, 5.74) is 3.27. The molecule has 3 rings (SSSR count). The van der Waals surface area contributed by atoms with E-state index in [0.29, 0.717) is 6.54 Å². The molecule has 0 aromatic heterocycles. The molecule has 2 aromatic rings. The first kappa shape index (κ1) is 19.6. The molecule has 1 N–H and O–H groups in total. The summed E-state index contributed by atoms with van der Waals surface area (Å²) in [5.74, 6) is 0.0159. The number of hydrogen-bond acceptors (Lipinski definition) is 3. The van der Waals surface area contributed by atoms with Crippen LogP contribution in [0.2, 0.25) is 0 Å². The molecular weight excluding hydrogens is 336 g/mol. The minimum absolute atomic E-state index is 0.0159. The number of nitrogens with zero attached hydrogens (tertiary/aromatic N) is 1. The summed E-state index contributed by atoms with van der Waals surface area (Å²) >= 11 is 0. The van der Waals surface area contributed by atoms with E-state index in [2.05, 4.69) is 53.5 Å². The number of nitrogens with one attached hydrogen (secondary N) is 1. The van der Waals surface area contributed by atoms with Crippen molar-refractivity contribution in [3.05, 3.63) is 71.3 Å². The van der Waals surface area contributed by atoms with Crippen LogP contribution in [0.5, 0.6) is 0 Å². The molecule has 1 amide bonds. The fourth-order valence-electron chi connectivity index (χ4n) is 3.49. The molecule has 1 heterocycles. The molecule has 0 unspecified atom stereocenters. The summed E-state index contributed by atoms with van der Waals surface area (Å²) in [6.45, 7) is 6.46. The summed E-state index contributed by atoms with van der Waals surface area (Å²) in [6.07, 6.45) is 3.28. The Morgan fingerprint density at radius 3 is 2.67 bits per heavy atom. The van der Waals surface area contributed by atoms with E-state index in [4.69, 9.17) is 4.74 Å². The summed E-state index contributed by atoms with van der Waals surface area (Å²) in [5, 5.41) is 3.04. The first-order valence-electron chi connectivity index (χ1n) is 10.0. The number of benzene rings is 2. The van der Waals surface area contributed by atoms with Crippen molar-refractivity contribution >= 4 is 5.91 Å². The Bertz CT molecular complexity index is 700. The first-order valence-corrected chi connectivity index (χ1v) is 10.0. The molecule has 2 aromatic carbocycles. The van der Waals surface area contributed by atoms with E-state index in [-0.39, 0.29) is 12.0 Å². The van der Waals surface area contributed by atoms with Gasteiger partial charge in [0.2, 0.25) is 0 Å². The van der Waals surface area contributed by atoms with Crippen LogP contribution in [0.3, 0.4) is 0 Å². The molecule has 4 nitrogen and oxygen atoms in total. The SMILES string of the molecule is CCCc1ccc(C(=O)NCCCN2CCO[C@H](c3ccccc3)C2)cc1. The fraction of sp³-hybridized carbons (Fsp3) is 0.435. The normalized spacial score (nSPS) is 17.6. The van der Waals surface area contributed by atoms with Crippen molar-refractivity contribution in [2.45, 2.75) is 32.3 Å². The zero-order valence-corrected chi connectivity index (χ0v) is 16.2. The molecule has 1 fully saturated rings. The predicted octanol–water partition coefficient (Wildman–Crippen LogP) is 3.83. The van der Waals surface area contributed by atoms with Crippen molar-refractivity contribution in [1.82, 2.24) is 10.2 Å². The third-order valence-corrected chi connectivity index (χ3v) is 5.01. The Balaban J connectivity index is 1.38. The summed E-state index contributed by atoms with van der Waals surface area (Å²) in [4.78, 5) is 14.7. The molecule has 0 aliphatic carbocycles. The van der Waals surface area contributed by atoms with Gasteiger partial charge in [0.15, 0.2) is 0 Å². The Morgan fingerprint density at radius 1 is 1.15 bits per heavy atom. The molecule has 144 valence electrons. The molecule has 0 spiro atoms. The van der Waals surface area contributed by atoms with Crippen molar-refractivity contribution in [2.24, 2.45) is 0 Å². The van der Waals surface area contributed by atoms with Crippen molar-refractivity contribution in [3.8, 4) is 0 Å². The van der Waals surface area contributed by atoms with Gasteiger partial charge in [-0.2, -0.15) is 0 Å². The van der Waals surface area contributed by atoms with E-state index >= 15 is 0 Å². The number of hydrogen-bond donors (Lipinski definition) is 1. The van der Waals surface area contributed by atoms with Gasteiger partial charge in [0.1, 0.15) is 0 Å². The number of carbonyl (C=O) groups is 1. The Morgan fingerprint density at radius 2 is 1.93 bits per heavy atom. The third-order valence-electron chi connectivity index (χ3n) is 5.01. The Hall–Kier alpha value is -2.17. The van der Waals surface area contributed by atoms with Crippen LogP contribution in [0, 0.1) is 0 Å². The maximum atomic E-state index is 12.3. The number of morpholine rings is 1. The second kappa shape index (κ2) is 10.2. The molecule has 0 saturated carbocycles. The quantitative estimate of drug-likeness (QED) is 0.722. The van der Waals surface area contributed by atoms with Crippen molar-refractivity contribution < 1.29 is 9.53 Å². The number of aryl methyl sites for hydroxylation is 1. The summed E-state index contributed by atoms with van der Waals surface area (Å²) in [6, 6.07) is 18.3. The van der Waals surface area contributed by atoms with E-state index in [1.807, 2.05) is 18.2 Å². The van der Waals surface area contributed by atoms with Crippen LogP contribution in [0.1, 0.15) is 47.4 Å². The van der Waals surface area contributed by atoms with Gasteiger partial charge in [-0.25, -0.2) is 0 Å². The van der Waals surface area contributed by atoms with Crippen LogP contribution in [-0.2, 0) is 11.2 Å². The zero-order chi connectivity index (χ0) is 18.9. The highest BCUT2D eigenvalue weighted by atomic mass is 16.5. The largest absolute Gasteiger partial charge is 0.371 e. The van der Waals surface area contributed by atoms with Gasteiger partial charge in [-0.3, -0.25) is 9.69 Å². The zero-order valence-electron chi connectivity index (χ0n) is 16.2. The summed E-state index contributed by atoms with van der Waals surface area (Å²) < 4.78 is 5.91. The van der Waals surface area contributed by atoms with Crippen LogP contribution in [-0.4, -0.2) is 43.6 Å². The van der Waals surface area contributed by atoms with Gasteiger partial charge in [0.25, 0.3) is 5.91 Å². The molecule has 27 heavy (non-hydrogen) atoms. The smallest absolute Gasteiger partial charge is 0.251 e. The maximum Gasteiger partial charge on any atom is 0.251 e. The van der Waals surface area contributed by atoms with E-state index in [9.17, 15) is 4.79 Å². The predicted molar refractivity (Wildman–Crippen MR) is 109 cm³/mol. The molecule has 0 bridgehead atoms. The Labute approximate surface area is 162 Å².